The van der Waals surface area contributed by atoms with Gasteiger partial charge in [-0.2, -0.15) is 12.4 Å². The van der Waals surface area contributed by atoms with E-state index in [1.807, 2.05) is 125 Å². The van der Waals surface area contributed by atoms with E-state index in [4.69, 9.17) is 18.9 Å². The van der Waals surface area contributed by atoms with Gasteiger partial charge in [0.1, 0.15) is 23.0 Å². The number of non-ortho nitro benzene ring substituents is 2. The van der Waals surface area contributed by atoms with E-state index in [9.17, 15) is 20.2 Å². The third-order valence-corrected chi connectivity index (χ3v) is 8.82. The molecule has 65 heavy (non-hydrogen) atoms. The summed E-state index contributed by atoms with van der Waals surface area (Å²) in [6.45, 7) is 10.1. The Morgan fingerprint density at radius 1 is 0.462 bits per heavy atom. The number of hydrogen-bond donors (Lipinski definition) is 0. The minimum atomic E-state index is -0.425. The number of ether oxygens (including phenoxy) is 4. The van der Waals surface area contributed by atoms with Crippen LogP contribution in [0.2, 0.25) is 0 Å². The van der Waals surface area contributed by atoms with Crippen molar-refractivity contribution in [2.75, 3.05) is 26.4 Å². The van der Waals surface area contributed by atoms with Gasteiger partial charge in [0.15, 0.2) is 0 Å². The average molecular weight is 920 g/mol. The van der Waals surface area contributed by atoms with Crippen molar-refractivity contribution in [1.82, 2.24) is 0 Å². The van der Waals surface area contributed by atoms with Gasteiger partial charge in [-0.1, -0.05) is 24.3 Å². The molecule has 6 aromatic rings. The molecule has 335 valence electrons. The van der Waals surface area contributed by atoms with Crippen LogP contribution in [-0.4, -0.2) is 48.7 Å². The molecule has 0 N–H and O–H groups in total. The van der Waals surface area contributed by atoms with Gasteiger partial charge in [0.05, 0.1) is 47.6 Å². The number of nitro benzene ring substituents is 2. The van der Waals surface area contributed by atoms with Gasteiger partial charge in [-0.15, -0.1) is 11.4 Å². The summed E-state index contributed by atoms with van der Waals surface area (Å²) in [5.41, 5.74) is 6.01. The molecule has 6 rings (SSSR count). The second-order valence-corrected chi connectivity index (χ2v) is 13.3. The van der Waals surface area contributed by atoms with Crippen LogP contribution in [0.25, 0.3) is 21.8 Å². The normalized spacial score (nSPS) is 11.2. The molecular formula is C50H48CoN6O8. The first-order valence-electron chi connectivity index (χ1n) is 20.5. The Morgan fingerprint density at radius 3 is 1.00 bits per heavy atom. The minimum absolute atomic E-state index is 0. The summed E-state index contributed by atoms with van der Waals surface area (Å²) >= 11 is 0. The molecule has 0 saturated carbocycles. The molecule has 0 amide bonds. The van der Waals surface area contributed by atoms with Crippen LogP contribution >= 0.6 is 0 Å². The Kier molecular flexibility index (Phi) is 20.5. The van der Waals surface area contributed by atoms with Crippen molar-refractivity contribution in [3.05, 3.63) is 200 Å². The molecule has 0 unspecified atom stereocenters. The summed E-state index contributed by atoms with van der Waals surface area (Å²) in [7, 11) is 0. The summed E-state index contributed by atoms with van der Waals surface area (Å²) < 4.78 is 21.8. The van der Waals surface area contributed by atoms with Crippen LogP contribution in [0.5, 0.6) is 23.0 Å². The minimum Gasteiger partial charge on any atom is -0.664 e. The summed E-state index contributed by atoms with van der Waals surface area (Å²) in [6, 6.07) is 42.3. The molecule has 0 aliphatic carbocycles. The Hall–Kier alpha value is -7.75. The van der Waals surface area contributed by atoms with E-state index in [1.54, 1.807) is 49.1 Å². The molecular weight excluding hydrogens is 872 g/mol. The zero-order valence-corrected chi connectivity index (χ0v) is 37.3. The average Bonchev–Trinajstić information content (AvgIpc) is 3.32. The zero-order chi connectivity index (χ0) is 45.5. The summed E-state index contributed by atoms with van der Waals surface area (Å²) in [5, 5.41) is 31.0. The third kappa shape index (κ3) is 16.5. The predicted octanol–water partition coefficient (Wildman–Crippen LogP) is 13.7. The quantitative estimate of drug-likeness (QED) is 0.0413. The first-order valence-corrected chi connectivity index (χ1v) is 20.5. The molecule has 15 heteroatoms. The number of nitrogens with zero attached hydrogens (tertiary/aromatic N) is 6. The Bertz CT molecular complexity index is 2330. The van der Waals surface area contributed by atoms with E-state index in [1.165, 1.54) is 24.3 Å². The van der Waals surface area contributed by atoms with Gasteiger partial charge in [-0.05, 0) is 147 Å². The molecule has 6 aromatic carbocycles. The molecule has 1 radical (unpaired) electrons. The van der Waals surface area contributed by atoms with Gasteiger partial charge in [-0.3, -0.25) is 30.2 Å². The van der Waals surface area contributed by atoms with Crippen molar-refractivity contribution < 1.29 is 45.6 Å². The van der Waals surface area contributed by atoms with E-state index in [0.717, 1.165) is 56.9 Å². The van der Waals surface area contributed by atoms with Crippen LogP contribution in [0.1, 0.15) is 38.8 Å². The van der Waals surface area contributed by atoms with Crippen molar-refractivity contribution in [3.63, 3.8) is 0 Å². The molecule has 0 saturated heterocycles. The van der Waals surface area contributed by atoms with Crippen molar-refractivity contribution >= 4 is 57.7 Å². The molecule has 0 bridgehead atoms. The number of allylic oxidation sites excluding steroid dienone is 2. The van der Waals surface area contributed by atoms with Crippen molar-refractivity contribution in [3.8, 4) is 23.0 Å². The van der Waals surface area contributed by atoms with E-state index in [0.29, 0.717) is 37.6 Å². The van der Waals surface area contributed by atoms with Gasteiger partial charge in [0.2, 0.25) is 0 Å². The molecule has 0 atom stereocenters. The first kappa shape index (κ1) is 49.9. The van der Waals surface area contributed by atoms with E-state index < -0.39 is 9.85 Å². The van der Waals surface area contributed by atoms with Crippen molar-refractivity contribution in [2.24, 2.45) is 9.98 Å². The Balaban J connectivity index is 0.000000280. The maximum Gasteiger partial charge on any atom is 2.00 e. The second kappa shape index (κ2) is 26.7. The molecule has 14 nitrogen and oxygen atoms in total. The molecule has 0 spiro atoms. The first-order chi connectivity index (χ1) is 31.2. The number of aliphatic imine (C=N–C) groups is 2. The summed E-state index contributed by atoms with van der Waals surface area (Å²) in [6.07, 6.45) is 6.76. The molecule has 0 heterocycles. The van der Waals surface area contributed by atoms with Gasteiger partial charge in [0, 0.05) is 36.7 Å². The molecule has 0 aliphatic rings. The van der Waals surface area contributed by atoms with Crippen LogP contribution in [0.3, 0.4) is 0 Å². The van der Waals surface area contributed by atoms with E-state index >= 15 is 0 Å². The maximum absolute atomic E-state index is 11.0. The van der Waals surface area contributed by atoms with E-state index in [2.05, 4.69) is 20.6 Å². The zero-order valence-electron chi connectivity index (χ0n) is 36.3. The number of hydrogen-bond acceptors (Lipinski definition) is 10. The van der Waals surface area contributed by atoms with Crippen LogP contribution in [0.4, 0.5) is 34.1 Å². The van der Waals surface area contributed by atoms with Gasteiger partial charge >= 0.3 is 16.8 Å². The predicted molar refractivity (Wildman–Crippen MR) is 255 cm³/mol. The third-order valence-electron chi connectivity index (χ3n) is 8.82. The monoisotopic (exact) mass is 919 g/mol. The number of rotatable bonds is 20. The molecule has 0 aromatic heterocycles. The molecule has 0 fully saturated rings. The Labute approximate surface area is 388 Å². The fraction of sp³-hybridized carbons (Fsp3) is 0.160. The fourth-order valence-corrected chi connectivity index (χ4v) is 5.67. The fourth-order valence-electron chi connectivity index (χ4n) is 5.67. The SMILES string of the molecule is CCOc1ccc(N=CC(=C[N-]c2ccc(OCC)cc2)c2ccc([N+](=O)[O-])cc2)cc1.CCOc1ccc(N=CC(=C[N-]c2ccc(OCC)cc2)c2ccc([N+](=O)[O-])cc2)cc1.[Co+2]. The summed E-state index contributed by atoms with van der Waals surface area (Å²) in [4.78, 5) is 30.2. The largest absolute Gasteiger partial charge is 2.00 e. The molecule has 0 aliphatic heterocycles. The smallest absolute Gasteiger partial charge is 0.664 e. The van der Waals surface area contributed by atoms with Crippen molar-refractivity contribution in [2.45, 2.75) is 27.7 Å². The maximum atomic E-state index is 11.0. The Morgan fingerprint density at radius 2 is 0.738 bits per heavy atom. The number of nitro groups is 2. The van der Waals surface area contributed by atoms with Gasteiger partial charge in [-0.25, -0.2) is 0 Å². The van der Waals surface area contributed by atoms with Crippen LogP contribution in [0, 0.1) is 20.2 Å². The standard InChI is InChI=1S/2C25H24N3O4.Co/c2*1-3-31-24-13-7-21(8-14-24)26-17-20(19-5-11-23(12-6-19)28(29)30)18-27-22-9-15-25(16-10-22)32-4-2;/h2*5-18H,3-4H2,1-2H3;/q2*-1;+2. The van der Waals surface area contributed by atoms with E-state index in [-0.39, 0.29) is 28.2 Å². The summed E-state index contributed by atoms with van der Waals surface area (Å²) in [5.74, 6) is 3.12. The van der Waals surface area contributed by atoms with Crippen LogP contribution in [-0.2, 0) is 16.8 Å². The van der Waals surface area contributed by atoms with Crippen molar-refractivity contribution in [1.29, 1.82) is 0 Å². The topological polar surface area (TPSA) is 176 Å². The van der Waals surface area contributed by atoms with Gasteiger partial charge < -0.3 is 29.6 Å². The van der Waals surface area contributed by atoms with Crippen LogP contribution < -0.4 is 18.9 Å². The number of benzene rings is 6. The van der Waals surface area contributed by atoms with Gasteiger partial charge in [0.25, 0.3) is 11.4 Å². The van der Waals surface area contributed by atoms with Crippen LogP contribution in [0.15, 0.2) is 168 Å². The second-order valence-electron chi connectivity index (χ2n) is 13.3.